The SMILES string of the molecule is COc1ccc(N2CC(C(=O)Nc3nc(-c4cccc([N+](=O)[O-])c4)cs3)CC2=O)c(OC)c1. The second kappa shape index (κ2) is 9.25. The number of benzene rings is 2. The molecule has 10 nitrogen and oxygen atoms in total. The fourth-order valence-corrected chi connectivity index (χ4v) is 4.30. The predicted octanol–water partition coefficient (Wildman–Crippen LogP) is 3.73. The first kappa shape index (κ1) is 22.2. The maximum atomic E-state index is 12.8. The molecule has 2 amide bonds. The van der Waals surface area contributed by atoms with Crippen molar-refractivity contribution < 1.29 is 24.0 Å². The lowest BCUT2D eigenvalue weighted by Gasteiger charge is -2.20. The summed E-state index contributed by atoms with van der Waals surface area (Å²) < 4.78 is 10.6. The topological polar surface area (TPSA) is 124 Å². The van der Waals surface area contributed by atoms with Crippen LogP contribution in [0.5, 0.6) is 11.5 Å². The van der Waals surface area contributed by atoms with Crippen molar-refractivity contribution in [2.45, 2.75) is 6.42 Å². The Morgan fingerprint density at radius 3 is 2.79 bits per heavy atom. The largest absolute Gasteiger partial charge is 0.497 e. The summed E-state index contributed by atoms with van der Waals surface area (Å²) in [5.74, 6) is 0.00733. The summed E-state index contributed by atoms with van der Waals surface area (Å²) in [6.45, 7) is 0.205. The first-order valence-electron chi connectivity index (χ1n) is 9.93. The van der Waals surface area contributed by atoms with Gasteiger partial charge in [0.15, 0.2) is 5.13 Å². The number of carbonyl (C=O) groups is 2. The summed E-state index contributed by atoms with van der Waals surface area (Å²) in [7, 11) is 3.04. The number of anilines is 2. The number of carbonyl (C=O) groups excluding carboxylic acids is 2. The molecule has 4 rings (SSSR count). The normalized spacial score (nSPS) is 15.4. The van der Waals surface area contributed by atoms with E-state index in [4.69, 9.17) is 9.47 Å². The lowest BCUT2D eigenvalue weighted by Crippen LogP contribution is -2.28. The standard InChI is InChI=1S/C22H20N4O6S/c1-31-16-6-7-18(19(10-16)32-2)25-11-14(9-20(25)27)21(28)24-22-23-17(12-33-22)13-4-3-5-15(8-13)26(29)30/h3-8,10,12,14H,9,11H2,1-2H3,(H,23,24,28). The van der Waals surface area contributed by atoms with Crippen LogP contribution in [0.3, 0.4) is 0 Å². The van der Waals surface area contributed by atoms with Gasteiger partial charge in [-0.05, 0) is 12.1 Å². The quantitative estimate of drug-likeness (QED) is 0.414. The van der Waals surface area contributed by atoms with Gasteiger partial charge >= 0.3 is 0 Å². The second-order valence-corrected chi connectivity index (χ2v) is 8.14. The summed E-state index contributed by atoms with van der Waals surface area (Å²) >= 11 is 1.21. The van der Waals surface area contributed by atoms with E-state index >= 15 is 0 Å². The molecule has 1 unspecified atom stereocenters. The number of nitrogens with zero attached hydrogens (tertiary/aromatic N) is 3. The molecule has 170 valence electrons. The molecule has 1 N–H and O–H groups in total. The zero-order chi connectivity index (χ0) is 23.5. The Kier molecular flexibility index (Phi) is 6.22. The van der Waals surface area contributed by atoms with Crippen LogP contribution in [0.4, 0.5) is 16.5 Å². The molecule has 2 aromatic carbocycles. The Bertz CT molecular complexity index is 1230. The number of non-ortho nitro benzene ring substituents is 1. The monoisotopic (exact) mass is 468 g/mol. The molecular formula is C22H20N4O6S. The molecule has 1 atom stereocenters. The number of rotatable bonds is 7. The van der Waals surface area contributed by atoms with Crippen molar-refractivity contribution in [1.29, 1.82) is 0 Å². The minimum Gasteiger partial charge on any atom is -0.497 e. The van der Waals surface area contributed by atoms with Gasteiger partial charge in [-0.25, -0.2) is 4.98 Å². The van der Waals surface area contributed by atoms with E-state index in [9.17, 15) is 19.7 Å². The van der Waals surface area contributed by atoms with E-state index in [0.717, 1.165) is 0 Å². The minimum atomic E-state index is -0.561. The van der Waals surface area contributed by atoms with Gasteiger partial charge in [0, 0.05) is 42.1 Å². The third-order valence-corrected chi connectivity index (χ3v) is 6.02. The van der Waals surface area contributed by atoms with Crippen LogP contribution in [0, 0.1) is 16.0 Å². The summed E-state index contributed by atoms with van der Waals surface area (Å²) in [4.78, 5) is 41.9. The van der Waals surface area contributed by atoms with Gasteiger partial charge in [-0.3, -0.25) is 19.7 Å². The van der Waals surface area contributed by atoms with Crippen molar-refractivity contribution in [2.75, 3.05) is 31.0 Å². The van der Waals surface area contributed by atoms with E-state index in [1.54, 1.807) is 42.8 Å². The number of ether oxygens (including phenoxy) is 2. The van der Waals surface area contributed by atoms with Crippen LogP contribution in [0.2, 0.25) is 0 Å². The fraction of sp³-hybridized carbons (Fsp3) is 0.227. The molecule has 11 heteroatoms. The smallest absolute Gasteiger partial charge is 0.270 e. The number of aromatic nitrogens is 1. The van der Waals surface area contributed by atoms with E-state index in [1.807, 2.05) is 0 Å². The first-order chi connectivity index (χ1) is 15.9. The highest BCUT2D eigenvalue weighted by molar-refractivity contribution is 7.14. The maximum absolute atomic E-state index is 12.8. The van der Waals surface area contributed by atoms with Crippen molar-refractivity contribution in [1.82, 2.24) is 4.98 Å². The van der Waals surface area contributed by atoms with E-state index < -0.39 is 10.8 Å². The molecule has 1 aromatic heterocycles. The molecule has 1 aliphatic heterocycles. The van der Waals surface area contributed by atoms with Crippen LogP contribution in [-0.2, 0) is 9.59 Å². The lowest BCUT2D eigenvalue weighted by atomic mass is 10.1. The third kappa shape index (κ3) is 4.62. The highest BCUT2D eigenvalue weighted by atomic mass is 32.1. The van der Waals surface area contributed by atoms with Gasteiger partial charge in [0.2, 0.25) is 11.8 Å². The van der Waals surface area contributed by atoms with Crippen molar-refractivity contribution >= 4 is 39.7 Å². The fourth-order valence-electron chi connectivity index (χ4n) is 3.57. The van der Waals surface area contributed by atoms with Gasteiger partial charge in [-0.2, -0.15) is 0 Å². The van der Waals surface area contributed by atoms with E-state index in [-0.39, 0.29) is 30.5 Å². The summed E-state index contributed by atoms with van der Waals surface area (Å²) in [6.07, 6.45) is 0.0597. The van der Waals surface area contributed by atoms with Crippen LogP contribution in [0.25, 0.3) is 11.3 Å². The highest BCUT2D eigenvalue weighted by Crippen LogP contribution is 2.36. The van der Waals surface area contributed by atoms with Crippen LogP contribution < -0.4 is 19.7 Å². The Balaban J connectivity index is 1.46. The Morgan fingerprint density at radius 2 is 2.06 bits per heavy atom. The predicted molar refractivity (Wildman–Crippen MR) is 123 cm³/mol. The van der Waals surface area contributed by atoms with Crippen LogP contribution in [0.1, 0.15) is 6.42 Å². The Morgan fingerprint density at radius 1 is 1.24 bits per heavy atom. The van der Waals surface area contributed by atoms with Gasteiger partial charge in [0.05, 0.1) is 36.4 Å². The summed E-state index contributed by atoms with van der Waals surface area (Å²) in [5.41, 5.74) is 1.63. The molecule has 0 bridgehead atoms. The number of thiazole rings is 1. The first-order valence-corrected chi connectivity index (χ1v) is 10.8. The van der Waals surface area contributed by atoms with Gasteiger partial charge in [0.1, 0.15) is 11.5 Å². The van der Waals surface area contributed by atoms with Crippen LogP contribution in [0.15, 0.2) is 47.8 Å². The zero-order valence-electron chi connectivity index (χ0n) is 17.8. The molecule has 0 radical (unpaired) electrons. The van der Waals surface area contributed by atoms with Gasteiger partial charge in [-0.1, -0.05) is 12.1 Å². The van der Waals surface area contributed by atoms with Gasteiger partial charge in [0.25, 0.3) is 5.69 Å². The molecule has 1 fully saturated rings. The number of hydrogen-bond acceptors (Lipinski definition) is 8. The van der Waals surface area contributed by atoms with Crippen LogP contribution >= 0.6 is 11.3 Å². The number of methoxy groups -OCH3 is 2. The third-order valence-electron chi connectivity index (χ3n) is 5.26. The van der Waals surface area contributed by atoms with E-state index in [1.165, 1.54) is 35.5 Å². The number of hydrogen-bond donors (Lipinski definition) is 1. The average Bonchev–Trinajstić information content (AvgIpc) is 3.45. The number of nitro groups is 1. The Labute approximate surface area is 192 Å². The summed E-state index contributed by atoms with van der Waals surface area (Å²) in [5, 5.41) is 15.8. The van der Waals surface area contributed by atoms with E-state index in [0.29, 0.717) is 33.6 Å². The van der Waals surface area contributed by atoms with Crippen molar-refractivity contribution in [3.8, 4) is 22.8 Å². The molecular weight excluding hydrogens is 448 g/mol. The minimum absolute atomic E-state index is 0.0374. The number of nitro benzene ring substituents is 1. The molecule has 1 saturated heterocycles. The van der Waals surface area contributed by atoms with Crippen molar-refractivity contribution in [3.05, 3.63) is 58.0 Å². The molecule has 0 spiro atoms. The van der Waals surface area contributed by atoms with Crippen LogP contribution in [-0.4, -0.2) is 42.5 Å². The molecule has 2 heterocycles. The molecule has 1 aliphatic rings. The number of nitrogens with one attached hydrogen (secondary N) is 1. The van der Waals surface area contributed by atoms with Crippen molar-refractivity contribution in [2.24, 2.45) is 5.92 Å². The number of amides is 2. The summed E-state index contributed by atoms with van der Waals surface area (Å²) in [6, 6.07) is 11.3. The zero-order valence-corrected chi connectivity index (χ0v) is 18.6. The maximum Gasteiger partial charge on any atom is 0.270 e. The molecule has 0 aliphatic carbocycles. The highest BCUT2D eigenvalue weighted by Gasteiger charge is 2.36. The molecule has 33 heavy (non-hydrogen) atoms. The van der Waals surface area contributed by atoms with E-state index in [2.05, 4.69) is 10.3 Å². The Hall–Kier alpha value is -3.99. The molecule has 3 aromatic rings. The molecule has 0 saturated carbocycles. The van der Waals surface area contributed by atoms with Crippen molar-refractivity contribution in [3.63, 3.8) is 0 Å². The second-order valence-electron chi connectivity index (χ2n) is 7.28. The lowest BCUT2D eigenvalue weighted by molar-refractivity contribution is -0.384. The van der Waals surface area contributed by atoms with Gasteiger partial charge < -0.3 is 19.7 Å². The average molecular weight is 468 g/mol. The van der Waals surface area contributed by atoms with Gasteiger partial charge in [-0.15, -0.1) is 11.3 Å².